The van der Waals surface area contributed by atoms with Gasteiger partial charge in [-0.05, 0) is 67.1 Å². The molecule has 4 rings (SSSR count). The van der Waals surface area contributed by atoms with Crippen molar-refractivity contribution in [2.75, 3.05) is 19.9 Å². The van der Waals surface area contributed by atoms with Gasteiger partial charge in [-0.15, -0.1) is 0 Å². The highest BCUT2D eigenvalue weighted by atomic mass is 16.7. The Labute approximate surface area is 137 Å². The van der Waals surface area contributed by atoms with Crippen LogP contribution < -0.4 is 9.47 Å². The largest absolute Gasteiger partial charge is 0.454 e. The number of likely N-dealkylation sites (tertiary alicyclic amines) is 1. The smallest absolute Gasteiger partial charge is 0.231 e. The average Bonchev–Trinajstić information content (AvgIpc) is 3.19. The molecule has 0 amide bonds. The van der Waals surface area contributed by atoms with Crippen LogP contribution in [0, 0.1) is 13.8 Å². The maximum absolute atomic E-state index is 5.51. The summed E-state index contributed by atoms with van der Waals surface area (Å²) >= 11 is 0. The number of fused-ring (bicyclic) bond motifs is 1. The molecule has 1 saturated heterocycles. The van der Waals surface area contributed by atoms with Gasteiger partial charge in [0.05, 0.1) is 0 Å². The van der Waals surface area contributed by atoms with E-state index >= 15 is 0 Å². The Morgan fingerprint density at radius 3 is 2.74 bits per heavy atom. The Bertz CT molecular complexity index is 726. The molecule has 0 N–H and O–H groups in total. The second-order valence-corrected chi connectivity index (χ2v) is 6.75. The number of hydrogen-bond donors (Lipinski definition) is 0. The highest BCUT2D eigenvalue weighted by Crippen LogP contribution is 2.37. The molecule has 23 heavy (non-hydrogen) atoms. The van der Waals surface area contributed by atoms with Crippen LogP contribution >= 0.6 is 0 Å². The summed E-state index contributed by atoms with van der Waals surface area (Å²) in [6.45, 7) is 8.03. The van der Waals surface area contributed by atoms with Crippen LogP contribution in [-0.4, -0.2) is 24.8 Å². The van der Waals surface area contributed by atoms with Crippen molar-refractivity contribution in [2.45, 2.75) is 32.7 Å². The van der Waals surface area contributed by atoms with Crippen molar-refractivity contribution >= 4 is 0 Å². The first-order valence-corrected chi connectivity index (χ1v) is 8.37. The molecule has 0 aromatic heterocycles. The predicted molar refractivity (Wildman–Crippen MR) is 91.1 cm³/mol. The molecule has 2 aromatic rings. The number of rotatable bonds is 3. The number of aryl methyl sites for hydroxylation is 2. The molecule has 2 aromatic carbocycles. The van der Waals surface area contributed by atoms with E-state index in [-0.39, 0.29) is 0 Å². The van der Waals surface area contributed by atoms with Crippen LogP contribution in [0.4, 0.5) is 0 Å². The summed E-state index contributed by atoms with van der Waals surface area (Å²) in [7, 11) is 0. The molecule has 0 unspecified atom stereocenters. The second kappa shape index (κ2) is 5.89. The highest BCUT2D eigenvalue weighted by molar-refractivity contribution is 5.45. The van der Waals surface area contributed by atoms with Gasteiger partial charge in [0.1, 0.15) is 0 Å². The number of hydrogen-bond acceptors (Lipinski definition) is 3. The minimum absolute atomic E-state index is 0.350. The summed E-state index contributed by atoms with van der Waals surface area (Å²) in [5, 5.41) is 0. The van der Waals surface area contributed by atoms with E-state index in [1.165, 1.54) is 28.7 Å². The maximum Gasteiger partial charge on any atom is 0.231 e. The van der Waals surface area contributed by atoms with Crippen LogP contribution in [0.1, 0.15) is 34.6 Å². The van der Waals surface area contributed by atoms with Gasteiger partial charge in [0.15, 0.2) is 11.5 Å². The third-order valence-corrected chi connectivity index (χ3v) is 5.12. The molecule has 0 spiro atoms. The molecule has 0 aliphatic carbocycles. The van der Waals surface area contributed by atoms with Gasteiger partial charge in [0.25, 0.3) is 0 Å². The van der Waals surface area contributed by atoms with E-state index < -0.39 is 0 Å². The van der Waals surface area contributed by atoms with Gasteiger partial charge in [-0.3, -0.25) is 4.90 Å². The maximum atomic E-state index is 5.51. The molecule has 120 valence electrons. The van der Waals surface area contributed by atoms with E-state index in [0.29, 0.717) is 12.7 Å². The van der Waals surface area contributed by atoms with Crippen molar-refractivity contribution in [3.05, 3.63) is 58.7 Å². The third kappa shape index (κ3) is 2.93. The molecule has 0 bridgehead atoms. The van der Waals surface area contributed by atoms with E-state index in [1.807, 2.05) is 6.07 Å². The quantitative estimate of drug-likeness (QED) is 0.854. The number of nitrogens with zero attached hydrogens (tertiary/aromatic N) is 1. The number of ether oxygens (including phenoxy) is 2. The van der Waals surface area contributed by atoms with Gasteiger partial charge >= 0.3 is 0 Å². The molecule has 0 radical (unpaired) electrons. The molecule has 0 saturated carbocycles. The standard InChI is InChI=1S/C20H23NO2/c1-14-3-4-16(9-15(14)2)11-21-8-7-18(12-21)17-5-6-19-20(10-17)23-13-22-19/h3-6,9-10,18H,7-8,11-13H2,1-2H3/t18-/m0/s1. The van der Waals surface area contributed by atoms with Crippen molar-refractivity contribution in [1.82, 2.24) is 4.90 Å². The monoisotopic (exact) mass is 309 g/mol. The summed E-state index contributed by atoms with van der Waals surface area (Å²) in [6, 6.07) is 13.2. The van der Waals surface area contributed by atoms with E-state index in [4.69, 9.17) is 9.47 Å². The van der Waals surface area contributed by atoms with E-state index in [9.17, 15) is 0 Å². The molecule has 2 heterocycles. The first-order chi connectivity index (χ1) is 11.2. The van der Waals surface area contributed by atoms with Crippen LogP contribution in [0.25, 0.3) is 0 Å². The molecule has 1 atom stereocenters. The molecular weight excluding hydrogens is 286 g/mol. The van der Waals surface area contributed by atoms with Crippen LogP contribution in [-0.2, 0) is 6.54 Å². The Kier molecular flexibility index (Phi) is 3.74. The van der Waals surface area contributed by atoms with Gasteiger partial charge in [-0.2, -0.15) is 0 Å². The van der Waals surface area contributed by atoms with E-state index in [1.54, 1.807) is 0 Å². The minimum Gasteiger partial charge on any atom is -0.454 e. The van der Waals surface area contributed by atoms with Crippen molar-refractivity contribution in [1.29, 1.82) is 0 Å². The van der Waals surface area contributed by atoms with Crippen molar-refractivity contribution in [2.24, 2.45) is 0 Å². The Balaban J connectivity index is 1.43. The first kappa shape index (κ1) is 14.6. The zero-order valence-corrected chi connectivity index (χ0v) is 13.8. The molecule has 3 heteroatoms. The highest BCUT2D eigenvalue weighted by Gasteiger charge is 2.25. The van der Waals surface area contributed by atoms with Crippen LogP contribution in [0.15, 0.2) is 36.4 Å². The summed E-state index contributed by atoms with van der Waals surface area (Å²) in [6.07, 6.45) is 1.21. The molecule has 3 nitrogen and oxygen atoms in total. The number of benzene rings is 2. The summed E-state index contributed by atoms with van der Waals surface area (Å²) in [5.74, 6) is 2.37. The summed E-state index contributed by atoms with van der Waals surface area (Å²) in [4.78, 5) is 2.55. The summed E-state index contributed by atoms with van der Waals surface area (Å²) in [5.41, 5.74) is 5.54. The van der Waals surface area contributed by atoms with Gasteiger partial charge in [0.2, 0.25) is 6.79 Å². The lowest BCUT2D eigenvalue weighted by Crippen LogP contribution is -2.19. The van der Waals surface area contributed by atoms with Crippen molar-refractivity contribution < 1.29 is 9.47 Å². The topological polar surface area (TPSA) is 21.7 Å². The van der Waals surface area contributed by atoms with Gasteiger partial charge in [-0.25, -0.2) is 0 Å². The van der Waals surface area contributed by atoms with Crippen molar-refractivity contribution in [3.8, 4) is 11.5 Å². The third-order valence-electron chi connectivity index (χ3n) is 5.12. The van der Waals surface area contributed by atoms with Gasteiger partial charge in [0, 0.05) is 13.1 Å². The fourth-order valence-corrected chi connectivity index (χ4v) is 3.58. The fraction of sp³-hybridized carbons (Fsp3) is 0.400. The lowest BCUT2D eigenvalue weighted by atomic mass is 9.98. The zero-order valence-electron chi connectivity index (χ0n) is 13.8. The Morgan fingerprint density at radius 2 is 1.87 bits per heavy atom. The first-order valence-electron chi connectivity index (χ1n) is 8.37. The lowest BCUT2D eigenvalue weighted by Gasteiger charge is -2.17. The molecular formula is C20H23NO2. The average molecular weight is 309 g/mol. The molecule has 1 fully saturated rings. The lowest BCUT2D eigenvalue weighted by molar-refractivity contribution is 0.174. The normalized spacial score (nSPS) is 20.2. The summed E-state index contributed by atoms with van der Waals surface area (Å²) < 4.78 is 10.9. The van der Waals surface area contributed by atoms with E-state index in [0.717, 1.165) is 31.1 Å². The zero-order chi connectivity index (χ0) is 15.8. The van der Waals surface area contributed by atoms with E-state index in [2.05, 4.69) is 49.1 Å². The Morgan fingerprint density at radius 1 is 1.00 bits per heavy atom. The van der Waals surface area contributed by atoms with Crippen molar-refractivity contribution in [3.63, 3.8) is 0 Å². The van der Waals surface area contributed by atoms with Gasteiger partial charge < -0.3 is 9.47 Å². The molecule has 2 aliphatic heterocycles. The SMILES string of the molecule is Cc1ccc(CN2CC[C@H](c3ccc4c(c3)OCO4)C2)cc1C. The van der Waals surface area contributed by atoms with Gasteiger partial charge in [-0.1, -0.05) is 24.3 Å². The predicted octanol–water partition coefficient (Wildman–Crippen LogP) is 4.02. The minimum atomic E-state index is 0.350. The van der Waals surface area contributed by atoms with Crippen LogP contribution in [0.2, 0.25) is 0 Å². The molecule has 2 aliphatic rings. The van der Waals surface area contributed by atoms with Crippen LogP contribution in [0.3, 0.4) is 0 Å². The Hall–Kier alpha value is -2.00. The second-order valence-electron chi connectivity index (χ2n) is 6.75. The fourth-order valence-electron chi connectivity index (χ4n) is 3.58. The van der Waals surface area contributed by atoms with Crippen LogP contribution in [0.5, 0.6) is 11.5 Å².